The Kier molecular flexibility index (Phi) is 14.2. The van der Waals surface area contributed by atoms with Crippen LogP contribution in [-0.4, -0.2) is 107 Å². The van der Waals surface area contributed by atoms with Gasteiger partial charge in [0.15, 0.2) is 0 Å². The minimum atomic E-state index is -5.06. The number of amides is 2. The second kappa shape index (κ2) is 18.6. The normalized spacial score (nSPS) is 16.6. The Bertz CT molecular complexity index is 1920. The van der Waals surface area contributed by atoms with Gasteiger partial charge < -0.3 is 29.7 Å². The van der Waals surface area contributed by atoms with Crippen molar-refractivity contribution in [2.24, 2.45) is 0 Å². The zero-order valence-corrected chi connectivity index (χ0v) is 31.0. The molecule has 3 aromatic carbocycles. The average Bonchev–Trinajstić information content (AvgIpc) is 3.43. The average molecular weight is 828 g/mol. The van der Waals surface area contributed by atoms with E-state index in [9.17, 15) is 45.8 Å². The molecule has 2 fully saturated rings. The maximum absolute atomic E-state index is 13.7. The van der Waals surface area contributed by atoms with Crippen molar-refractivity contribution in [1.29, 1.82) is 0 Å². The summed E-state index contributed by atoms with van der Waals surface area (Å²) in [6.45, 7) is 2.03. The molecule has 0 bridgehead atoms. The minimum Gasteiger partial charge on any atom is -0.492 e. The summed E-state index contributed by atoms with van der Waals surface area (Å²) in [7, 11) is 0. The van der Waals surface area contributed by atoms with Crippen molar-refractivity contribution in [3.05, 3.63) is 87.8 Å². The summed E-state index contributed by atoms with van der Waals surface area (Å²) in [5.74, 6) is -1.60. The Morgan fingerprint density at radius 3 is 2.23 bits per heavy atom. The zero-order valence-electron chi connectivity index (χ0n) is 29.3. The molecule has 3 aromatic rings. The van der Waals surface area contributed by atoms with Gasteiger partial charge in [-0.1, -0.05) is 30.0 Å². The van der Waals surface area contributed by atoms with E-state index in [-0.39, 0.29) is 62.9 Å². The highest BCUT2D eigenvalue weighted by Crippen LogP contribution is 2.40. The molecule has 2 aliphatic heterocycles. The molecule has 0 spiro atoms. The number of anilines is 1. The zero-order chi connectivity index (χ0) is 40.6. The molecule has 1 atom stereocenters. The number of morpholine rings is 1. The number of aliphatic hydroxyl groups is 2. The van der Waals surface area contributed by atoms with Crippen LogP contribution in [0.25, 0.3) is 17.2 Å². The fraction of sp³-hybridized carbons (Fsp3) is 0.351. The van der Waals surface area contributed by atoms with Crippen LogP contribution in [0.5, 0.6) is 5.75 Å². The smallest absolute Gasteiger partial charge is 0.416 e. The molecule has 11 nitrogen and oxygen atoms in total. The lowest BCUT2D eigenvalue weighted by Crippen LogP contribution is -2.38. The Balaban J connectivity index is 1.32. The van der Waals surface area contributed by atoms with Crippen molar-refractivity contribution in [1.82, 2.24) is 9.80 Å². The van der Waals surface area contributed by atoms with Gasteiger partial charge in [0.1, 0.15) is 29.4 Å². The first-order chi connectivity index (χ1) is 26.5. The van der Waals surface area contributed by atoms with Crippen LogP contribution in [0.4, 0.5) is 32.0 Å². The van der Waals surface area contributed by atoms with E-state index in [1.807, 2.05) is 0 Å². The van der Waals surface area contributed by atoms with Gasteiger partial charge in [0.05, 0.1) is 41.4 Å². The number of hydrogen-bond donors (Lipinski definition) is 3. The van der Waals surface area contributed by atoms with E-state index in [0.717, 1.165) is 11.8 Å². The molecule has 0 aromatic heterocycles. The first kappa shape index (κ1) is 42.6. The Labute approximate surface area is 326 Å². The predicted octanol–water partition coefficient (Wildman–Crippen LogP) is 5.84. The lowest BCUT2D eigenvalue weighted by molar-refractivity contribution is -0.143. The van der Waals surface area contributed by atoms with Gasteiger partial charge in [0.25, 0.3) is 5.91 Å². The Morgan fingerprint density at radius 2 is 1.61 bits per heavy atom. The number of alkyl halides is 6. The van der Waals surface area contributed by atoms with Crippen LogP contribution in [0.15, 0.2) is 65.6 Å². The van der Waals surface area contributed by atoms with Gasteiger partial charge in [-0.25, -0.2) is 4.79 Å². The lowest BCUT2D eigenvalue weighted by atomic mass is 9.97. The number of hydrogen-bond acceptors (Lipinski definition) is 11. The summed E-state index contributed by atoms with van der Waals surface area (Å²) in [6, 6.07) is 11.0. The predicted molar refractivity (Wildman–Crippen MR) is 198 cm³/mol. The number of halogens is 6. The fourth-order valence-corrected chi connectivity index (χ4v) is 6.77. The van der Waals surface area contributed by atoms with E-state index in [2.05, 4.69) is 10.2 Å². The van der Waals surface area contributed by atoms with Crippen LogP contribution in [-0.2, 0) is 31.4 Å². The van der Waals surface area contributed by atoms with Gasteiger partial charge in [-0.3, -0.25) is 19.4 Å². The number of thiocarbonyl (C=S) groups is 1. The number of benzene rings is 3. The molecule has 1 unspecified atom stereocenters. The van der Waals surface area contributed by atoms with Crippen molar-refractivity contribution in [2.45, 2.75) is 24.9 Å². The number of carbonyl (C=O) groups excluding carboxylic acids is 3. The van der Waals surface area contributed by atoms with E-state index < -0.39 is 60.6 Å². The standard InChI is InChI=1S/C37H35F6N3O8S2/c38-36(39,40)26-16-24(17-27(19-26)37(41,42)43)23-3-6-30(53-14-11-45-9-12-52-13-10-45)25(15-23)18-31-33(50)46(35(55)56-31)8-7-32(49)44-28-4-1-22(2-5-28)34(51)54-21-29(48)20-47/h1-6,15-19,29,47-48H,7-14,20-21H2,(H,44,49)/b31-18-. The third-order valence-electron chi connectivity index (χ3n) is 8.44. The van der Waals surface area contributed by atoms with Crippen molar-refractivity contribution in [3.63, 3.8) is 0 Å². The first-order valence-electron chi connectivity index (χ1n) is 17.0. The van der Waals surface area contributed by atoms with Crippen LogP contribution in [0.1, 0.15) is 33.5 Å². The molecule has 2 saturated heterocycles. The number of carbonyl (C=O) groups is 3. The van der Waals surface area contributed by atoms with E-state index in [1.165, 1.54) is 53.4 Å². The summed E-state index contributed by atoms with van der Waals surface area (Å²) in [5, 5.41) is 20.8. The highest BCUT2D eigenvalue weighted by molar-refractivity contribution is 8.26. The van der Waals surface area contributed by atoms with Crippen LogP contribution in [0.3, 0.4) is 0 Å². The number of rotatable bonds is 14. The summed E-state index contributed by atoms with van der Waals surface area (Å²) in [4.78, 5) is 41.8. The lowest BCUT2D eigenvalue weighted by Gasteiger charge is -2.26. The van der Waals surface area contributed by atoms with Gasteiger partial charge in [-0.2, -0.15) is 26.3 Å². The molecular formula is C37H35F6N3O8S2. The molecule has 2 amide bonds. The molecule has 0 saturated carbocycles. The number of thioether (sulfide) groups is 1. The molecule has 19 heteroatoms. The summed E-state index contributed by atoms with van der Waals surface area (Å²) < 4.78 is 98.4. The van der Waals surface area contributed by atoms with E-state index in [0.29, 0.717) is 50.7 Å². The number of ether oxygens (including phenoxy) is 3. The highest BCUT2D eigenvalue weighted by Gasteiger charge is 2.37. The quantitative estimate of drug-likeness (QED) is 0.0783. The van der Waals surface area contributed by atoms with Gasteiger partial charge in [0.2, 0.25) is 5.91 Å². The fourth-order valence-electron chi connectivity index (χ4n) is 5.47. The minimum absolute atomic E-state index is 0.00551. The van der Waals surface area contributed by atoms with Gasteiger partial charge in [0, 0.05) is 43.9 Å². The largest absolute Gasteiger partial charge is 0.492 e. The first-order valence-corrected chi connectivity index (χ1v) is 18.2. The van der Waals surface area contributed by atoms with Gasteiger partial charge in [-0.05, 0) is 71.8 Å². The molecule has 300 valence electrons. The third-order valence-corrected chi connectivity index (χ3v) is 9.82. The van der Waals surface area contributed by atoms with Crippen molar-refractivity contribution in [2.75, 3.05) is 64.5 Å². The molecule has 0 aliphatic carbocycles. The Morgan fingerprint density at radius 1 is 0.946 bits per heavy atom. The number of nitrogens with one attached hydrogen (secondary N) is 1. The SMILES string of the molecule is O=C(CCN1C(=O)/C(=C/c2cc(-c3cc(C(F)(F)F)cc(C(F)(F)F)c3)ccc2OCCN2CCOCC2)SC1=S)Nc1ccc(C(=O)OCC(O)CO)cc1. The van der Waals surface area contributed by atoms with Crippen LogP contribution in [0.2, 0.25) is 0 Å². The molecule has 56 heavy (non-hydrogen) atoms. The van der Waals surface area contributed by atoms with E-state index in [1.54, 1.807) is 0 Å². The van der Waals surface area contributed by atoms with Gasteiger partial charge in [-0.15, -0.1) is 0 Å². The topological polar surface area (TPSA) is 138 Å². The molecule has 0 radical (unpaired) electrons. The van der Waals surface area contributed by atoms with Crippen LogP contribution in [0, 0.1) is 0 Å². The van der Waals surface area contributed by atoms with Crippen molar-refractivity contribution < 1.29 is 65.1 Å². The highest BCUT2D eigenvalue weighted by atomic mass is 32.2. The van der Waals surface area contributed by atoms with Crippen molar-refractivity contribution in [3.8, 4) is 16.9 Å². The van der Waals surface area contributed by atoms with E-state index in [4.69, 9.17) is 31.5 Å². The molecule has 5 rings (SSSR count). The van der Waals surface area contributed by atoms with E-state index >= 15 is 0 Å². The van der Waals surface area contributed by atoms with Gasteiger partial charge >= 0.3 is 18.3 Å². The maximum Gasteiger partial charge on any atom is 0.416 e. The molecular weight excluding hydrogens is 793 g/mol. The summed E-state index contributed by atoms with van der Waals surface area (Å²) in [5.41, 5.74) is -2.64. The second-order valence-corrected chi connectivity index (χ2v) is 14.2. The maximum atomic E-state index is 13.7. The number of esters is 1. The van der Waals surface area contributed by atoms with Crippen LogP contribution < -0.4 is 10.1 Å². The third kappa shape index (κ3) is 11.5. The Hall–Kier alpha value is -4.53. The number of nitrogens with zero attached hydrogens (tertiary/aromatic N) is 2. The monoisotopic (exact) mass is 827 g/mol. The van der Waals surface area contributed by atoms with Crippen LogP contribution >= 0.6 is 24.0 Å². The second-order valence-electron chi connectivity index (χ2n) is 12.5. The molecule has 3 N–H and O–H groups in total. The molecule has 2 heterocycles. The van der Waals surface area contributed by atoms with Crippen molar-refractivity contribution >= 4 is 57.8 Å². The summed E-state index contributed by atoms with van der Waals surface area (Å²) in [6.07, 6.45) is -10.1. The number of aliphatic hydroxyl groups excluding tert-OH is 2. The summed E-state index contributed by atoms with van der Waals surface area (Å²) >= 11 is 6.32. The molecule has 2 aliphatic rings.